The lowest BCUT2D eigenvalue weighted by Gasteiger charge is -2.49. The fraction of sp³-hybridized carbons (Fsp3) is 0.696. The SMILES string of the molecule is CCCCN(C(=O)Cc1ccc(OCC)cc1)C1CC(C)(C)NC(C)(C)C1. The number of carbonyl (C=O) groups excluding carboxylic acids is 1. The Morgan fingerprint density at radius 1 is 1.11 bits per heavy atom. The van der Waals surface area contributed by atoms with Crippen molar-refractivity contribution in [2.24, 2.45) is 0 Å². The largest absolute Gasteiger partial charge is 0.494 e. The molecule has 1 saturated heterocycles. The van der Waals surface area contributed by atoms with Crippen molar-refractivity contribution in [3.8, 4) is 5.75 Å². The fourth-order valence-electron chi connectivity index (χ4n) is 4.47. The monoisotopic (exact) mass is 374 g/mol. The van der Waals surface area contributed by atoms with Crippen molar-refractivity contribution in [2.75, 3.05) is 13.2 Å². The van der Waals surface area contributed by atoms with Crippen molar-refractivity contribution in [3.63, 3.8) is 0 Å². The molecule has 0 saturated carbocycles. The molecular weight excluding hydrogens is 336 g/mol. The number of piperidine rings is 1. The zero-order chi connectivity index (χ0) is 20.1. The minimum Gasteiger partial charge on any atom is -0.494 e. The molecule has 27 heavy (non-hydrogen) atoms. The Balaban J connectivity index is 2.13. The maximum Gasteiger partial charge on any atom is 0.227 e. The van der Waals surface area contributed by atoms with E-state index in [4.69, 9.17) is 4.74 Å². The quantitative estimate of drug-likeness (QED) is 0.725. The number of benzene rings is 1. The van der Waals surface area contributed by atoms with Crippen LogP contribution in [0, 0.1) is 0 Å². The number of nitrogens with one attached hydrogen (secondary N) is 1. The second-order valence-electron chi connectivity index (χ2n) is 9.15. The van der Waals surface area contributed by atoms with E-state index in [9.17, 15) is 4.79 Å². The number of hydrogen-bond donors (Lipinski definition) is 1. The molecule has 0 atom stereocenters. The Morgan fingerprint density at radius 2 is 1.70 bits per heavy atom. The van der Waals surface area contributed by atoms with Gasteiger partial charge < -0.3 is 15.0 Å². The first-order valence-corrected chi connectivity index (χ1v) is 10.5. The minimum absolute atomic E-state index is 0.0380. The van der Waals surface area contributed by atoms with Crippen molar-refractivity contribution >= 4 is 5.91 Å². The van der Waals surface area contributed by atoms with E-state index in [-0.39, 0.29) is 23.0 Å². The van der Waals surface area contributed by atoms with E-state index in [1.165, 1.54) is 0 Å². The van der Waals surface area contributed by atoms with Crippen LogP contribution in [-0.4, -0.2) is 41.1 Å². The molecule has 0 radical (unpaired) electrons. The molecule has 4 heteroatoms. The standard InChI is InChI=1S/C23H38N2O2/c1-7-9-14-25(19-16-22(3,4)24-23(5,6)17-19)21(26)15-18-10-12-20(13-11-18)27-8-2/h10-13,19,24H,7-9,14-17H2,1-6H3. The van der Waals surface area contributed by atoms with Crippen LogP contribution >= 0.6 is 0 Å². The van der Waals surface area contributed by atoms with Crippen LogP contribution in [0.1, 0.15) is 72.8 Å². The van der Waals surface area contributed by atoms with Gasteiger partial charge in [0, 0.05) is 23.7 Å². The van der Waals surface area contributed by atoms with Gasteiger partial charge in [-0.2, -0.15) is 0 Å². The third-order valence-corrected chi connectivity index (χ3v) is 5.27. The maximum absolute atomic E-state index is 13.2. The second-order valence-corrected chi connectivity index (χ2v) is 9.15. The number of hydrogen-bond acceptors (Lipinski definition) is 3. The molecule has 4 nitrogen and oxygen atoms in total. The summed E-state index contributed by atoms with van der Waals surface area (Å²) in [4.78, 5) is 15.4. The number of ether oxygens (including phenoxy) is 1. The zero-order valence-corrected chi connectivity index (χ0v) is 18.1. The van der Waals surface area contributed by atoms with Gasteiger partial charge in [-0.3, -0.25) is 4.79 Å². The van der Waals surface area contributed by atoms with E-state index in [1.807, 2.05) is 31.2 Å². The van der Waals surface area contributed by atoms with Crippen LogP contribution in [-0.2, 0) is 11.2 Å². The summed E-state index contributed by atoms with van der Waals surface area (Å²) < 4.78 is 5.51. The second kappa shape index (κ2) is 9.09. The molecule has 1 fully saturated rings. The summed E-state index contributed by atoms with van der Waals surface area (Å²) in [7, 11) is 0. The van der Waals surface area contributed by atoms with E-state index in [1.54, 1.807) is 0 Å². The Bertz CT molecular complexity index is 591. The van der Waals surface area contributed by atoms with Gasteiger partial charge in [-0.25, -0.2) is 0 Å². The maximum atomic E-state index is 13.2. The van der Waals surface area contributed by atoms with E-state index in [0.29, 0.717) is 13.0 Å². The topological polar surface area (TPSA) is 41.6 Å². The van der Waals surface area contributed by atoms with E-state index in [0.717, 1.165) is 43.5 Å². The number of rotatable bonds is 8. The Morgan fingerprint density at radius 3 is 2.22 bits per heavy atom. The van der Waals surface area contributed by atoms with Gasteiger partial charge in [0.05, 0.1) is 13.0 Å². The van der Waals surface area contributed by atoms with Gasteiger partial charge in [0.15, 0.2) is 0 Å². The predicted octanol–water partition coefficient (Wildman–Crippen LogP) is 4.57. The first kappa shape index (κ1) is 21.7. The third-order valence-electron chi connectivity index (χ3n) is 5.27. The molecule has 0 unspecified atom stereocenters. The van der Waals surface area contributed by atoms with Gasteiger partial charge in [0.25, 0.3) is 0 Å². The van der Waals surface area contributed by atoms with Crippen LogP contribution in [0.3, 0.4) is 0 Å². The van der Waals surface area contributed by atoms with Crippen molar-refractivity contribution in [1.29, 1.82) is 0 Å². The zero-order valence-electron chi connectivity index (χ0n) is 18.1. The van der Waals surface area contributed by atoms with Crippen LogP contribution in [0.15, 0.2) is 24.3 Å². The highest BCUT2D eigenvalue weighted by Crippen LogP contribution is 2.32. The molecule has 1 aliphatic rings. The average molecular weight is 375 g/mol. The van der Waals surface area contributed by atoms with Crippen LogP contribution in [0.5, 0.6) is 5.75 Å². The van der Waals surface area contributed by atoms with Crippen LogP contribution in [0.4, 0.5) is 0 Å². The summed E-state index contributed by atoms with van der Waals surface area (Å²) in [6.07, 6.45) is 4.61. The van der Waals surface area contributed by atoms with Crippen molar-refractivity contribution in [2.45, 2.75) is 90.8 Å². The van der Waals surface area contributed by atoms with Gasteiger partial charge >= 0.3 is 0 Å². The van der Waals surface area contributed by atoms with Crippen molar-refractivity contribution < 1.29 is 9.53 Å². The summed E-state index contributed by atoms with van der Waals surface area (Å²) in [6, 6.07) is 8.23. The van der Waals surface area contributed by atoms with Gasteiger partial charge in [0.1, 0.15) is 5.75 Å². The smallest absolute Gasteiger partial charge is 0.227 e. The van der Waals surface area contributed by atoms with Crippen LogP contribution in [0.25, 0.3) is 0 Å². The Labute approximate surface area is 165 Å². The van der Waals surface area contributed by atoms with E-state index < -0.39 is 0 Å². The molecule has 1 aliphatic heterocycles. The number of nitrogens with zero attached hydrogens (tertiary/aromatic N) is 1. The molecule has 152 valence electrons. The number of amides is 1. The summed E-state index contributed by atoms with van der Waals surface area (Å²) in [5, 5.41) is 3.73. The molecule has 1 aromatic carbocycles. The molecule has 2 rings (SSSR count). The highest BCUT2D eigenvalue weighted by molar-refractivity contribution is 5.79. The van der Waals surface area contributed by atoms with Crippen molar-refractivity contribution in [3.05, 3.63) is 29.8 Å². The molecule has 1 amide bonds. The third kappa shape index (κ3) is 6.53. The molecule has 1 aromatic rings. The number of unbranched alkanes of at least 4 members (excludes halogenated alkanes) is 1. The van der Waals surface area contributed by atoms with Crippen LogP contribution in [0.2, 0.25) is 0 Å². The first-order valence-electron chi connectivity index (χ1n) is 10.5. The summed E-state index contributed by atoms with van der Waals surface area (Å²) in [5.74, 6) is 1.10. The molecular formula is C23H38N2O2. The van der Waals surface area contributed by atoms with Gasteiger partial charge in [-0.05, 0) is 71.6 Å². The lowest BCUT2D eigenvalue weighted by atomic mass is 9.79. The summed E-state index contributed by atoms with van der Waals surface area (Å²) in [5.41, 5.74) is 1.13. The van der Waals surface area contributed by atoms with Gasteiger partial charge in [-0.15, -0.1) is 0 Å². The molecule has 0 bridgehead atoms. The molecule has 0 aliphatic carbocycles. The molecule has 0 spiro atoms. The predicted molar refractivity (Wildman–Crippen MR) is 112 cm³/mol. The normalized spacial score (nSPS) is 18.9. The van der Waals surface area contributed by atoms with Gasteiger partial charge in [-0.1, -0.05) is 25.5 Å². The van der Waals surface area contributed by atoms with E-state index in [2.05, 4.69) is 44.8 Å². The first-order chi connectivity index (χ1) is 12.7. The lowest BCUT2D eigenvalue weighted by molar-refractivity contribution is -0.134. The van der Waals surface area contributed by atoms with E-state index >= 15 is 0 Å². The molecule has 1 N–H and O–H groups in total. The highest BCUT2D eigenvalue weighted by Gasteiger charge is 2.40. The number of carbonyl (C=O) groups is 1. The fourth-order valence-corrected chi connectivity index (χ4v) is 4.47. The molecule has 1 heterocycles. The Kier molecular flexibility index (Phi) is 7.32. The lowest BCUT2D eigenvalue weighted by Crippen LogP contribution is -2.63. The van der Waals surface area contributed by atoms with Crippen molar-refractivity contribution in [1.82, 2.24) is 10.2 Å². The summed E-state index contributed by atoms with van der Waals surface area (Å²) >= 11 is 0. The average Bonchev–Trinajstić information content (AvgIpc) is 2.54. The Hall–Kier alpha value is -1.55. The summed E-state index contributed by atoms with van der Waals surface area (Å²) in [6.45, 7) is 14.7. The highest BCUT2D eigenvalue weighted by atomic mass is 16.5. The molecule has 0 aromatic heterocycles. The van der Waals surface area contributed by atoms with Gasteiger partial charge in [0.2, 0.25) is 5.91 Å². The minimum atomic E-state index is 0.0380. The van der Waals surface area contributed by atoms with Crippen LogP contribution < -0.4 is 10.1 Å².